The number of amides is 1. The molecule has 0 saturated heterocycles. The number of ether oxygens (including phenoxy) is 1. The zero-order valence-electron chi connectivity index (χ0n) is 13.2. The van der Waals surface area contributed by atoms with Crippen molar-refractivity contribution in [1.82, 2.24) is 0 Å². The number of alkyl halides is 2. The number of carbonyl (C=O) groups is 1. The molecule has 0 fully saturated rings. The van der Waals surface area contributed by atoms with Gasteiger partial charge in [-0.15, -0.1) is 0 Å². The highest BCUT2D eigenvalue weighted by atomic mass is 32.2. The maximum Gasteiger partial charge on any atom is 0.387 e. The molecule has 6 nitrogen and oxygen atoms in total. The van der Waals surface area contributed by atoms with E-state index in [1.807, 2.05) is 0 Å². The lowest BCUT2D eigenvalue weighted by Crippen LogP contribution is -2.21. The van der Waals surface area contributed by atoms with Gasteiger partial charge in [-0.2, -0.15) is 8.78 Å². The fourth-order valence-corrected chi connectivity index (χ4v) is 2.56. The van der Waals surface area contributed by atoms with Gasteiger partial charge in [0, 0.05) is 17.6 Å². The van der Waals surface area contributed by atoms with Crippen LogP contribution in [0.5, 0.6) is 5.75 Å². The quantitative estimate of drug-likeness (QED) is 0.783. The number of hydrogen-bond acceptors (Lipinski definition) is 5. The van der Waals surface area contributed by atoms with Crippen LogP contribution in [-0.4, -0.2) is 33.7 Å². The van der Waals surface area contributed by atoms with E-state index in [1.54, 1.807) is 0 Å². The lowest BCUT2D eigenvalue weighted by Gasteiger charge is -2.09. The largest absolute Gasteiger partial charge is 0.435 e. The van der Waals surface area contributed by atoms with Crippen molar-refractivity contribution in [3.05, 3.63) is 48.5 Å². The summed E-state index contributed by atoms with van der Waals surface area (Å²) in [6, 6.07) is 11.5. The summed E-state index contributed by atoms with van der Waals surface area (Å²) < 4.78 is 51.0. The number of benzene rings is 2. The predicted molar refractivity (Wildman–Crippen MR) is 89.7 cm³/mol. The van der Waals surface area contributed by atoms with Crippen LogP contribution in [0, 0.1) is 0 Å². The minimum Gasteiger partial charge on any atom is -0.435 e. The zero-order valence-corrected chi connectivity index (χ0v) is 14.0. The molecule has 0 bridgehead atoms. The topological polar surface area (TPSA) is 84.5 Å². The Kier molecular flexibility index (Phi) is 5.92. The van der Waals surface area contributed by atoms with Crippen LogP contribution in [0.1, 0.15) is 0 Å². The Hall–Kier alpha value is -2.68. The molecule has 0 aliphatic heterocycles. The van der Waals surface area contributed by atoms with E-state index in [1.165, 1.54) is 48.5 Å². The first kappa shape index (κ1) is 18.7. The molecule has 1 amide bonds. The number of sulfone groups is 1. The van der Waals surface area contributed by atoms with E-state index >= 15 is 0 Å². The maximum atomic E-state index is 12.0. The number of nitrogens with one attached hydrogen (secondary N) is 2. The van der Waals surface area contributed by atoms with Crippen LogP contribution >= 0.6 is 0 Å². The number of rotatable bonds is 7. The van der Waals surface area contributed by atoms with Crippen molar-refractivity contribution in [2.45, 2.75) is 11.5 Å². The van der Waals surface area contributed by atoms with E-state index in [0.717, 1.165) is 6.26 Å². The van der Waals surface area contributed by atoms with Gasteiger partial charge in [0.25, 0.3) is 0 Å². The average molecular weight is 370 g/mol. The smallest absolute Gasteiger partial charge is 0.387 e. The summed E-state index contributed by atoms with van der Waals surface area (Å²) in [4.78, 5) is 12.0. The van der Waals surface area contributed by atoms with Crippen molar-refractivity contribution in [2.24, 2.45) is 0 Å². The number of hydrogen-bond donors (Lipinski definition) is 2. The second-order valence-corrected chi connectivity index (χ2v) is 7.12. The molecule has 134 valence electrons. The van der Waals surface area contributed by atoms with Crippen molar-refractivity contribution in [3.63, 3.8) is 0 Å². The van der Waals surface area contributed by atoms with Gasteiger partial charge < -0.3 is 15.4 Å². The Labute approximate surface area is 143 Å². The first-order chi connectivity index (χ1) is 11.7. The highest BCUT2D eigenvalue weighted by Crippen LogP contribution is 2.18. The van der Waals surface area contributed by atoms with Crippen LogP contribution in [0.2, 0.25) is 0 Å². The lowest BCUT2D eigenvalue weighted by molar-refractivity contribution is -0.114. The van der Waals surface area contributed by atoms with Gasteiger partial charge in [0.05, 0.1) is 11.4 Å². The van der Waals surface area contributed by atoms with Gasteiger partial charge >= 0.3 is 6.61 Å². The molecule has 0 unspecified atom stereocenters. The second-order valence-electron chi connectivity index (χ2n) is 5.10. The van der Waals surface area contributed by atoms with Gasteiger partial charge in [-0.3, -0.25) is 4.79 Å². The predicted octanol–water partition coefficient (Wildman–Crippen LogP) is 2.74. The van der Waals surface area contributed by atoms with Gasteiger partial charge in [-0.25, -0.2) is 8.42 Å². The average Bonchev–Trinajstić information content (AvgIpc) is 2.53. The van der Waals surface area contributed by atoms with Crippen molar-refractivity contribution < 1.29 is 26.7 Å². The Balaban J connectivity index is 1.86. The third kappa shape index (κ3) is 6.03. The van der Waals surface area contributed by atoms with Crippen molar-refractivity contribution in [2.75, 3.05) is 23.4 Å². The first-order valence-electron chi connectivity index (χ1n) is 7.13. The first-order valence-corrected chi connectivity index (χ1v) is 9.02. The molecule has 0 aliphatic carbocycles. The minimum atomic E-state index is -3.29. The van der Waals surface area contributed by atoms with Crippen LogP contribution in [0.25, 0.3) is 0 Å². The van der Waals surface area contributed by atoms with E-state index in [-0.39, 0.29) is 23.1 Å². The summed E-state index contributed by atoms with van der Waals surface area (Å²) in [6.45, 7) is -2.94. The molecule has 0 atom stereocenters. The molecule has 0 spiro atoms. The SMILES string of the molecule is CS(=O)(=O)c1ccc(NC(=O)CNc2ccc(OC(F)F)cc2)cc1. The van der Waals surface area contributed by atoms with E-state index in [0.29, 0.717) is 11.4 Å². The molecule has 9 heteroatoms. The molecule has 2 aromatic carbocycles. The molecule has 0 aromatic heterocycles. The molecule has 2 aromatic rings. The molecule has 2 rings (SSSR count). The summed E-state index contributed by atoms with van der Waals surface area (Å²) in [5, 5.41) is 5.44. The standard InChI is InChI=1S/C16H16F2N2O4S/c1-25(22,23)14-8-4-12(5-9-14)20-15(21)10-19-11-2-6-13(7-3-11)24-16(17)18/h2-9,16,19H,10H2,1H3,(H,20,21). The third-order valence-electron chi connectivity index (χ3n) is 3.10. The van der Waals surface area contributed by atoms with Gasteiger partial charge in [0.15, 0.2) is 9.84 Å². The van der Waals surface area contributed by atoms with E-state index in [4.69, 9.17) is 0 Å². The van der Waals surface area contributed by atoms with Crippen LogP contribution < -0.4 is 15.4 Å². The van der Waals surface area contributed by atoms with Crippen LogP contribution in [0.4, 0.5) is 20.2 Å². The fraction of sp³-hybridized carbons (Fsp3) is 0.188. The lowest BCUT2D eigenvalue weighted by atomic mass is 10.3. The maximum absolute atomic E-state index is 12.0. The van der Waals surface area contributed by atoms with Crippen LogP contribution in [0.3, 0.4) is 0 Å². The van der Waals surface area contributed by atoms with Gasteiger partial charge in [0.2, 0.25) is 5.91 Å². The Morgan fingerprint density at radius 1 is 1.04 bits per heavy atom. The third-order valence-corrected chi connectivity index (χ3v) is 4.23. The molecule has 0 aliphatic rings. The normalized spacial score (nSPS) is 11.2. The van der Waals surface area contributed by atoms with Crippen molar-refractivity contribution in [3.8, 4) is 5.75 Å². The fourth-order valence-electron chi connectivity index (χ4n) is 1.93. The van der Waals surface area contributed by atoms with Gasteiger partial charge in [0.1, 0.15) is 5.75 Å². The van der Waals surface area contributed by atoms with Crippen molar-refractivity contribution in [1.29, 1.82) is 0 Å². The molecular weight excluding hydrogens is 354 g/mol. The Bertz CT molecular complexity index is 822. The molecule has 0 radical (unpaired) electrons. The Morgan fingerprint density at radius 3 is 2.12 bits per heavy atom. The summed E-state index contributed by atoms with van der Waals surface area (Å²) in [7, 11) is -3.29. The molecule has 0 saturated carbocycles. The van der Waals surface area contributed by atoms with Gasteiger partial charge in [-0.05, 0) is 48.5 Å². The van der Waals surface area contributed by atoms with Crippen LogP contribution in [-0.2, 0) is 14.6 Å². The molecular formula is C16H16F2N2O4S. The summed E-state index contributed by atoms with van der Waals surface area (Å²) in [5.41, 5.74) is 1.02. The van der Waals surface area contributed by atoms with E-state index in [2.05, 4.69) is 15.4 Å². The monoisotopic (exact) mass is 370 g/mol. The molecule has 0 heterocycles. The molecule has 2 N–H and O–H groups in total. The van der Waals surface area contributed by atoms with Crippen molar-refractivity contribution >= 4 is 27.1 Å². The number of halogens is 2. The number of carbonyl (C=O) groups excluding carboxylic acids is 1. The molecule has 25 heavy (non-hydrogen) atoms. The highest BCUT2D eigenvalue weighted by Gasteiger charge is 2.08. The highest BCUT2D eigenvalue weighted by molar-refractivity contribution is 7.90. The zero-order chi connectivity index (χ0) is 18.4. The summed E-state index contributed by atoms with van der Waals surface area (Å²) in [6.07, 6.45) is 1.10. The van der Waals surface area contributed by atoms with Gasteiger partial charge in [-0.1, -0.05) is 0 Å². The van der Waals surface area contributed by atoms with E-state index in [9.17, 15) is 22.0 Å². The summed E-state index contributed by atoms with van der Waals surface area (Å²) in [5.74, 6) is -0.323. The van der Waals surface area contributed by atoms with Crippen LogP contribution in [0.15, 0.2) is 53.4 Å². The minimum absolute atomic E-state index is 0.0240. The number of anilines is 2. The Morgan fingerprint density at radius 2 is 1.60 bits per heavy atom. The van der Waals surface area contributed by atoms with E-state index < -0.39 is 16.4 Å². The summed E-state index contributed by atoms with van der Waals surface area (Å²) >= 11 is 0. The second kappa shape index (κ2) is 7.93.